The lowest BCUT2D eigenvalue weighted by molar-refractivity contribution is -0.147. The second-order valence-corrected chi connectivity index (χ2v) is 4.23. The van der Waals surface area contributed by atoms with Crippen LogP contribution in [0.25, 0.3) is 0 Å². The van der Waals surface area contributed by atoms with Crippen molar-refractivity contribution in [1.82, 2.24) is 20.2 Å². The number of carbonyl (C=O) groups is 3. The van der Waals surface area contributed by atoms with Crippen molar-refractivity contribution in [3.05, 3.63) is 18.7 Å². The Labute approximate surface area is 121 Å². The molecule has 9 heteroatoms. The lowest BCUT2D eigenvalue weighted by Gasteiger charge is -2.14. The van der Waals surface area contributed by atoms with E-state index >= 15 is 0 Å². The van der Waals surface area contributed by atoms with Crippen LogP contribution >= 0.6 is 0 Å². The summed E-state index contributed by atoms with van der Waals surface area (Å²) < 4.78 is 6.23. The van der Waals surface area contributed by atoms with Gasteiger partial charge in [-0.3, -0.25) is 4.79 Å². The average Bonchev–Trinajstić information content (AvgIpc) is 2.95. The summed E-state index contributed by atoms with van der Waals surface area (Å²) in [6.45, 7) is 1.05. The molecule has 0 unspecified atom stereocenters. The number of imidazole rings is 1. The minimum absolute atomic E-state index is 0.370. The maximum Gasteiger partial charge on any atom is 0.326 e. The van der Waals surface area contributed by atoms with Crippen molar-refractivity contribution in [3.63, 3.8) is 0 Å². The molecule has 1 heterocycles. The fraction of sp³-hybridized carbons (Fsp3) is 0.500. The van der Waals surface area contributed by atoms with Crippen LogP contribution in [-0.2, 0) is 20.9 Å². The summed E-state index contributed by atoms with van der Waals surface area (Å²) in [4.78, 5) is 37.4. The summed E-state index contributed by atoms with van der Waals surface area (Å²) >= 11 is 0. The predicted octanol–water partition coefficient (Wildman–Crippen LogP) is -0.411. The third-order valence-electron chi connectivity index (χ3n) is 2.64. The first kappa shape index (κ1) is 16.5. The molecule has 1 aromatic heterocycles. The van der Waals surface area contributed by atoms with Gasteiger partial charge in [-0.2, -0.15) is 0 Å². The molecule has 0 aromatic carbocycles. The van der Waals surface area contributed by atoms with E-state index < -0.39 is 30.4 Å². The van der Waals surface area contributed by atoms with Gasteiger partial charge in [0.1, 0.15) is 6.04 Å². The largest absolute Gasteiger partial charge is 0.480 e. The van der Waals surface area contributed by atoms with E-state index in [1.54, 1.807) is 18.7 Å². The van der Waals surface area contributed by atoms with Crippen molar-refractivity contribution in [3.8, 4) is 0 Å². The van der Waals surface area contributed by atoms with Crippen molar-refractivity contribution in [2.45, 2.75) is 25.4 Å². The second kappa shape index (κ2) is 8.56. The summed E-state index contributed by atoms with van der Waals surface area (Å²) in [5.41, 5.74) is 0. The molecule has 3 N–H and O–H groups in total. The molecular weight excluding hydrogens is 280 g/mol. The Balaban J connectivity index is 2.26. The quantitative estimate of drug-likeness (QED) is 0.443. The van der Waals surface area contributed by atoms with E-state index in [2.05, 4.69) is 20.4 Å². The molecule has 0 bridgehead atoms. The average molecular weight is 298 g/mol. The highest BCUT2D eigenvalue weighted by Gasteiger charge is 2.23. The summed E-state index contributed by atoms with van der Waals surface area (Å²) in [5, 5.41) is 13.6. The molecule has 0 saturated heterocycles. The number of hydrogen-bond acceptors (Lipinski definition) is 5. The van der Waals surface area contributed by atoms with Gasteiger partial charge in [0.25, 0.3) is 0 Å². The fourth-order valence-corrected chi connectivity index (χ4v) is 1.54. The molecule has 1 aromatic rings. The molecule has 21 heavy (non-hydrogen) atoms. The number of urea groups is 1. The first-order valence-corrected chi connectivity index (χ1v) is 6.32. The molecule has 0 fully saturated rings. The number of methoxy groups -OCH3 is 1. The minimum atomic E-state index is -1.31. The van der Waals surface area contributed by atoms with Gasteiger partial charge in [0.2, 0.25) is 0 Å². The standard InChI is InChI=1S/C12H18N4O5/c1-21-10(17)7-9(11(18)19)15-12(20)14-3-2-5-16-6-4-13-8-16/h4,6,8-9H,2-3,5,7H2,1H3,(H,18,19)(H2,14,15,20)/t9-/m0/s1. The normalized spacial score (nSPS) is 11.5. The summed E-state index contributed by atoms with van der Waals surface area (Å²) in [6.07, 6.45) is 5.37. The monoisotopic (exact) mass is 298 g/mol. The van der Waals surface area contributed by atoms with Crippen molar-refractivity contribution in [2.24, 2.45) is 0 Å². The van der Waals surface area contributed by atoms with Crippen LogP contribution in [0.1, 0.15) is 12.8 Å². The Morgan fingerprint density at radius 1 is 1.43 bits per heavy atom. The molecule has 0 aliphatic carbocycles. The number of amides is 2. The molecule has 0 radical (unpaired) electrons. The van der Waals surface area contributed by atoms with Crippen LogP contribution in [-0.4, -0.2) is 52.3 Å². The van der Waals surface area contributed by atoms with E-state index in [0.717, 1.165) is 7.11 Å². The van der Waals surface area contributed by atoms with Gasteiger partial charge >= 0.3 is 18.0 Å². The molecule has 9 nitrogen and oxygen atoms in total. The van der Waals surface area contributed by atoms with Crippen LogP contribution < -0.4 is 10.6 Å². The Kier molecular flexibility index (Phi) is 6.72. The fourth-order valence-electron chi connectivity index (χ4n) is 1.54. The number of hydrogen-bond donors (Lipinski definition) is 3. The minimum Gasteiger partial charge on any atom is -0.480 e. The van der Waals surface area contributed by atoms with E-state index in [4.69, 9.17) is 5.11 Å². The molecule has 0 aliphatic heterocycles. The maximum absolute atomic E-state index is 11.5. The molecule has 1 rings (SSSR count). The number of aliphatic carboxylic acids is 1. The number of nitrogens with zero attached hydrogens (tertiary/aromatic N) is 2. The van der Waals surface area contributed by atoms with E-state index in [1.807, 2.05) is 4.57 Å². The molecule has 1 atom stereocenters. The maximum atomic E-state index is 11.5. The number of esters is 1. The summed E-state index contributed by atoms with van der Waals surface area (Å²) in [5.74, 6) is -2.00. The zero-order valence-electron chi connectivity index (χ0n) is 11.6. The molecule has 0 saturated carbocycles. The first-order chi connectivity index (χ1) is 10.0. The molecule has 116 valence electrons. The van der Waals surface area contributed by atoms with Crippen LogP contribution in [0.4, 0.5) is 4.79 Å². The van der Waals surface area contributed by atoms with Crippen LogP contribution in [0.15, 0.2) is 18.7 Å². The SMILES string of the molecule is COC(=O)C[C@H](NC(=O)NCCCn1ccnc1)C(=O)O. The van der Waals surface area contributed by atoms with Gasteiger partial charge in [-0.1, -0.05) is 0 Å². The van der Waals surface area contributed by atoms with Gasteiger partial charge in [-0.15, -0.1) is 0 Å². The number of carboxylic acids is 1. The van der Waals surface area contributed by atoms with Gasteiger partial charge in [0.15, 0.2) is 0 Å². The van der Waals surface area contributed by atoms with E-state index in [-0.39, 0.29) is 0 Å². The van der Waals surface area contributed by atoms with E-state index in [9.17, 15) is 14.4 Å². The number of ether oxygens (including phenoxy) is 1. The van der Waals surface area contributed by atoms with Crippen molar-refractivity contribution < 1.29 is 24.2 Å². The van der Waals surface area contributed by atoms with Gasteiger partial charge < -0.3 is 25.0 Å². The Bertz CT molecular complexity index is 474. The number of nitrogens with one attached hydrogen (secondary N) is 2. The van der Waals surface area contributed by atoms with Crippen LogP contribution in [0.5, 0.6) is 0 Å². The summed E-state index contributed by atoms with van der Waals surface area (Å²) in [6, 6.07) is -1.96. The predicted molar refractivity (Wildman–Crippen MR) is 71.4 cm³/mol. The van der Waals surface area contributed by atoms with Gasteiger partial charge in [-0.05, 0) is 6.42 Å². The number of carboxylic acid groups (broad SMARTS) is 1. The molecular formula is C12H18N4O5. The highest BCUT2D eigenvalue weighted by Crippen LogP contribution is 1.95. The Morgan fingerprint density at radius 3 is 2.76 bits per heavy atom. The van der Waals surface area contributed by atoms with Crippen molar-refractivity contribution in [1.29, 1.82) is 0 Å². The number of aromatic nitrogens is 2. The third kappa shape index (κ3) is 6.41. The highest BCUT2D eigenvalue weighted by molar-refractivity contribution is 5.86. The molecule has 0 aliphatic rings. The van der Waals surface area contributed by atoms with Gasteiger partial charge in [-0.25, -0.2) is 14.6 Å². The van der Waals surface area contributed by atoms with Crippen LogP contribution in [0.3, 0.4) is 0 Å². The van der Waals surface area contributed by atoms with Gasteiger partial charge in [0, 0.05) is 25.5 Å². The van der Waals surface area contributed by atoms with Gasteiger partial charge in [0.05, 0.1) is 19.9 Å². The highest BCUT2D eigenvalue weighted by atomic mass is 16.5. The number of rotatable bonds is 8. The topological polar surface area (TPSA) is 123 Å². The summed E-state index contributed by atoms with van der Waals surface area (Å²) in [7, 11) is 1.15. The van der Waals surface area contributed by atoms with Crippen LogP contribution in [0, 0.1) is 0 Å². The second-order valence-electron chi connectivity index (χ2n) is 4.23. The number of carbonyl (C=O) groups excluding carboxylic acids is 2. The first-order valence-electron chi connectivity index (χ1n) is 6.32. The smallest absolute Gasteiger partial charge is 0.326 e. The molecule has 2 amide bonds. The zero-order chi connectivity index (χ0) is 15.7. The molecule has 0 spiro atoms. The van der Waals surface area contributed by atoms with Crippen molar-refractivity contribution in [2.75, 3.05) is 13.7 Å². The van der Waals surface area contributed by atoms with Crippen LogP contribution in [0.2, 0.25) is 0 Å². The van der Waals surface area contributed by atoms with E-state index in [0.29, 0.717) is 19.5 Å². The number of aryl methyl sites for hydroxylation is 1. The third-order valence-corrected chi connectivity index (χ3v) is 2.64. The Hall–Kier alpha value is -2.58. The lowest BCUT2D eigenvalue weighted by Crippen LogP contribution is -2.47. The van der Waals surface area contributed by atoms with Crippen molar-refractivity contribution >= 4 is 18.0 Å². The Morgan fingerprint density at radius 2 is 2.19 bits per heavy atom. The zero-order valence-corrected chi connectivity index (χ0v) is 11.6. The lowest BCUT2D eigenvalue weighted by atomic mass is 10.2. The van der Waals surface area contributed by atoms with E-state index in [1.165, 1.54) is 0 Å².